The molecule has 0 heterocycles. The predicted octanol–water partition coefficient (Wildman–Crippen LogP) is 3.30. The minimum atomic E-state index is -0.910. The number of halogens is 2. The number of hydrogen-bond acceptors (Lipinski definition) is 5. The van der Waals surface area contributed by atoms with Gasteiger partial charge in [0, 0.05) is 12.1 Å². The van der Waals surface area contributed by atoms with Crippen molar-refractivity contribution < 1.29 is 9.66 Å². The van der Waals surface area contributed by atoms with Gasteiger partial charge in [0.15, 0.2) is 5.75 Å². The van der Waals surface area contributed by atoms with Crippen LogP contribution < -0.4 is 10.5 Å². The molecule has 1 unspecified atom stereocenters. The number of nitro groups is 1. The van der Waals surface area contributed by atoms with E-state index in [2.05, 4.69) is 0 Å². The van der Waals surface area contributed by atoms with Gasteiger partial charge in [0.05, 0.1) is 27.6 Å². The third-order valence-corrected chi connectivity index (χ3v) is 3.10. The average Bonchev–Trinajstić information content (AvgIpc) is 2.36. The Kier molecular flexibility index (Phi) is 5.57. The van der Waals surface area contributed by atoms with E-state index in [1.54, 1.807) is 6.92 Å². The highest BCUT2D eigenvalue weighted by Crippen LogP contribution is 2.36. The van der Waals surface area contributed by atoms with E-state index in [9.17, 15) is 10.1 Å². The summed E-state index contributed by atoms with van der Waals surface area (Å²) in [4.78, 5) is 10.0. The fourth-order valence-electron chi connectivity index (χ4n) is 1.46. The summed E-state index contributed by atoms with van der Waals surface area (Å²) in [6, 6.07) is 4.32. The number of benzene rings is 1. The molecule has 2 N–H and O–H groups in total. The molecule has 6 nitrogen and oxygen atoms in total. The van der Waals surface area contributed by atoms with Gasteiger partial charge in [-0.3, -0.25) is 10.1 Å². The molecule has 108 valence electrons. The molecule has 0 saturated carbocycles. The molecule has 0 bridgehead atoms. The van der Waals surface area contributed by atoms with Crippen molar-refractivity contribution in [3.05, 3.63) is 32.3 Å². The van der Waals surface area contributed by atoms with Gasteiger partial charge in [0.1, 0.15) is 5.54 Å². The van der Waals surface area contributed by atoms with Crippen LogP contribution in [-0.4, -0.2) is 17.1 Å². The molecule has 0 aliphatic heterocycles. The highest BCUT2D eigenvalue weighted by molar-refractivity contribution is 6.37. The third kappa shape index (κ3) is 4.53. The lowest BCUT2D eigenvalue weighted by Gasteiger charge is -2.15. The molecule has 0 aliphatic rings. The predicted molar refractivity (Wildman–Crippen MR) is 76.1 cm³/mol. The maximum absolute atomic E-state index is 10.6. The zero-order valence-electron chi connectivity index (χ0n) is 10.7. The summed E-state index contributed by atoms with van der Waals surface area (Å²) in [7, 11) is 0. The molecule has 8 heteroatoms. The maximum Gasteiger partial charge on any atom is 0.272 e. The number of non-ortho nitro benzene ring substituents is 1. The fraction of sp³-hybridized carbons (Fsp3) is 0.417. The van der Waals surface area contributed by atoms with Gasteiger partial charge in [-0.05, 0) is 19.8 Å². The Hall–Kier alpha value is -1.55. The Morgan fingerprint density at radius 2 is 2.05 bits per heavy atom. The average molecular weight is 318 g/mol. The molecule has 0 spiro atoms. The van der Waals surface area contributed by atoms with Crippen molar-refractivity contribution in [2.75, 3.05) is 6.61 Å². The van der Waals surface area contributed by atoms with E-state index >= 15 is 0 Å². The van der Waals surface area contributed by atoms with Crippen LogP contribution in [0.15, 0.2) is 12.1 Å². The number of nitrogens with two attached hydrogens (primary N) is 1. The Bertz CT molecular complexity index is 532. The standard InChI is InChI=1S/C12H13Cl2N3O3/c1-12(16,7-15)3-2-4-20-11-9(13)5-8(17(18)19)6-10(11)14/h5-6H,2-4,16H2,1H3. The SMILES string of the molecule is CC(N)(C#N)CCCOc1c(Cl)cc([N+](=O)[O-])cc1Cl. The molecule has 0 amide bonds. The summed E-state index contributed by atoms with van der Waals surface area (Å²) in [6.45, 7) is 1.88. The molecular formula is C12H13Cl2N3O3. The van der Waals surface area contributed by atoms with Crippen molar-refractivity contribution in [1.29, 1.82) is 5.26 Å². The van der Waals surface area contributed by atoms with Gasteiger partial charge < -0.3 is 10.5 Å². The van der Waals surface area contributed by atoms with Gasteiger partial charge >= 0.3 is 0 Å². The second kappa shape index (κ2) is 6.75. The van der Waals surface area contributed by atoms with Crippen LogP contribution in [0.2, 0.25) is 10.0 Å². The molecule has 0 fully saturated rings. The maximum atomic E-state index is 10.6. The molecule has 0 aromatic heterocycles. The molecule has 0 radical (unpaired) electrons. The van der Waals surface area contributed by atoms with Crippen molar-refractivity contribution >= 4 is 28.9 Å². The number of nitro benzene ring substituents is 1. The lowest BCUT2D eigenvalue weighted by Crippen LogP contribution is -2.34. The lowest BCUT2D eigenvalue weighted by molar-refractivity contribution is -0.384. The molecule has 0 aliphatic carbocycles. The van der Waals surface area contributed by atoms with Gasteiger partial charge in [0.25, 0.3) is 5.69 Å². The van der Waals surface area contributed by atoms with Crippen molar-refractivity contribution in [1.82, 2.24) is 0 Å². The van der Waals surface area contributed by atoms with Crippen molar-refractivity contribution in [3.63, 3.8) is 0 Å². The first-order chi connectivity index (χ1) is 9.26. The normalized spacial score (nSPS) is 13.3. The quantitative estimate of drug-likeness (QED) is 0.492. The Morgan fingerprint density at radius 1 is 1.50 bits per heavy atom. The lowest BCUT2D eigenvalue weighted by atomic mass is 10.00. The van der Waals surface area contributed by atoms with Gasteiger partial charge in [-0.1, -0.05) is 23.2 Å². The van der Waals surface area contributed by atoms with E-state index in [-0.39, 0.29) is 28.1 Å². The number of hydrogen-bond donors (Lipinski definition) is 1. The largest absolute Gasteiger partial charge is 0.490 e. The highest BCUT2D eigenvalue weighted by Gasteiger charge is 2.18. The number of ether oxygens (including phenoxy) is 1. The molecule has 1 aromatic carbocycles. The van der Waals surface area contributed by atoms with Gasteiger partial charge in [0.2, 0.25) is 0 Å². The monoisotopic (exact) mass is 317 g/mol. The van der Waals surface area contributed by atoms with E-state index in [1.165, 1.54) is 12.1 Å². The smallest absolute Gasteiger partial charge is 0.272 e. The van der Waals surface area contributed by atoms with Crippen molar-refractivity contribution in [2.24, 2.45) is 5.73 Å². The van der Waals surface area contributed by atoms with Crippen LogP contribution in [0.5, 0.6) is 5.75 Å². The molecule has 0 saturated heterocycles. The first-order valence-electron chi connectivity index (χ1n) is 5.73. The van der Waals surface area contributed by atoms with Crippen LogP contribution in [0, 0.1) is 21.4 Å². The van der Waals surface area contributed by atoms with E-state index in [1.807, 2.05) is 6.07 Å². The van der Waals surface area contributed by atoms with Crippen molar-refractivity contribution in [3.8, 4) is 11.8 Å². The van der Waals surface area contributed by atoms with Crippen LogP contribution in [0.1, 0.15) is 19.8 Å². The zero-order valence-corrected chi connectivity index (χ0v) is 12.2. The molecule has 1 rings (SSSR count). The summed E-state index contributed by atoms with van der Waals surface area (Å²) in [5.74, 6) is 0.189. The van der Waals surface area contributed by atoms with Gasteiger partial charge in [-0.25, -0.2) is 0 Å². The Balaban J connectivity index is 2.66. The number of rotatable bonds is 6. The van der Waals surface area contributed by atoms with Gasteiger partial charge in [-0.15, -0.1) is 0 Å². The highest BCUT2D eigenvalue weighted by atomic mass is 35.5. The van der Waals surface area contributed by atoms with Gasteiger partial charge in [-0.2, -0.15) is 5.26 Å². The van der Waals surface area contributed by atoms with Crippen LogP contribution in [0.25, 0.3) is 0 Å². The van der Waals surface area contributed by atoms with E-state index in [0.717, 1.165) is 0 Å². The Morgan fingerprint density at radius 3 is 2.50 bits per heavy atom. The molecule has 1 atom stereocenters. The number of nitriles is 1. The minimum absolute atomic E-state index is 0.0694. The number of nitrogens with zero attached hydrogens (tertiary/aromatic N) is 2. The topological polar surface area (TPSA) is 102 Å². The van der Waals surface area contributed by atoms with E-state index in [0.29, 0.717) is 12.8 Å². The third-order valence-electron chi connectivity index (χ3n) is 2.54. The second-order valence-electron chi connectivity index (χ2n) is 4.48. The van der Waals surface area contributed by atoms with E-state index < -0.39 is 10.5 Å². The molecular weight excluding hydrogens is 305 g/mol. The summed E-state index contributed by atoms with van der Waals surface area (Å²) >= 11 is 11.8. The molecule has 1 aromatic rings. The minimum Gasteiger partial charge on any atom is -0.490 e. The zero-order chi connectivity index (χ0) is 15.3. The molecule has 20 heavy (non-hydrogen) atoms. The van der Waals surface area contributed by atoms with Crippen molar-refractivity contribution in [2.45, 2.75) is 25.3 Å². The summed E-state index contributed by atoms with van der Waals surface area (Å²) in [5.41, 5.74) is 4.55. The van der Waals surface area contributed by atoms with Crippen LogP contribution in [0.4, 0.5) is 5.69 Å². The second-order valence-corrected chi connectivity index (χ2v) is 5.29. The first kappa shape index (κ1) is 16.5. The summed E-state index contributed by atoms with van der Waals surface area (Å²) in [6.07, 6.45) is 0.982. The van der Waals surface area contributed by atoms with E-state index in [4.69, 9.17) is 38.9 Å². The Labute approximate surface area is 126 Å². The fourth-order valence-corrected chi connectivity index (χ4v) is 2.04. The van der Waals surface area contributed by atoms with Crippen LogP contribution in [0.3, 0.4) is 0 Å². The first-order valence-corrected chi connectivity index (χ1v) is 6.49. The van der Waals surface area contributed by atoms with Crippen LogP contribution in [-0.2, 0) is 0 Å². The summed E-state index contributed by atoms with van der Waals surface area (Å²) in [5, 5.41) is 19.5. The summed E-state index contributed by atoms with van der Waals surface area (Å²) < 4.78 is 5.39. The van der Waals surface area contributed by atoms with Crippen LogP contribution >= 0.6 is 23.2 Å².